The van der Waals surface area contributed by atoms with Gasteiger partial charge < -0.3 is 19.7 Å². The average molecular weight is 536 g/mol. The van der Waals surface area contributed by atoms with Crippen LogP contribution >= 0.6 is 0 Å². The van der Waals surface area contributed by atoms with Crippen molar-refractivity contribution in [3.8, 4) is 16.9 Å². The van der Waals surface area contributed by atoms with E-state index in [0.717, 1.165) is 41.0 Å². The number of nitrogens with zero attached hydrogens (tertiary/aromatic N) is 2. The molecule has 1 aliphatic carbocycles. The van der Waals surface area contributed by atoms with Crippen LogP contribution in [-0.2, 0) is 23.2 Å². The van der Waals surface area contributed by atoms with E-state index in [1.54, 1.807) is 11.0 Å². The van der Waals surface area contributed by atoms with Crippen LogP contribution in [0, 0.1) is 0 Å². The van der Waals surface area contributed by atoms with Gasteiger partial charge in [-0.2, -0.15) is 0 Å². The fourth-order valence-electron chi connectivity index (χ4n) is 5.59. The van der Waals surface area contributed by atoms with Crippen molar-refractivity contribution in [3.05, 3.63) is 117 Å². The maximum absolute atomic E-state index is 13.4. The summed E-state index contributed by atoms with van der Waals surface area (Å²) in [6.07, 6.45) is 1.13. The fraction of sp³-hybridized carbons (Fsp3) is 0.303. The lowest BCUT2D eigenvalue weighted by atomic mass is 9.94. The molecule has 1 atom stereocenters. The lowest BCUT2D eigenvalue weighted by molar-refractivity contribution is -0.141. The van der Waals surface area contributed by atoms with E-state index in [9.17, 15) is 14.7 Å². The Morgan fingerprint density at radius 2 is 1.75 bits per heavy atom. The maximum atomic E-state index is 13.4. The SMILES string of the molecule is CC(C)Oc1ccc(-c2cccc(C(O)C(=O)N3CCc4nc(C5(c6ccccc6)CC5)[nH]c(=O)c4C3)c2)cc1. The largest absolute Gasteiger partial charge is 0.491 e. The molecule has 6 rings (SSSR count). The van der Waals surface area contributed by atoms with Gasteiger partial charge in [0.1, 0.15) is 11.6 Å². The smallest absolute Gasteiger partial charge is 0.256 e. The number of ether oxygens (including phenoxy) is 1. The number of H-pyrrole nitrogens is 1. The van der Waals surface area contributed by atoms with E-state index >= 15 is 0 Å². The zero-order valence-electron chi connectivity index (χ0n) is 22.8. The highest BCUT2D eigenvalue weighted by Crippen LogP contribution is 2.52. The van der Waals surface area contributed by atoms with Crippen LogP contribution in [0.3, 0.4) is 0 Å². The highest BCUT2D eigenvalue weighted by Gasteiger charge is 2.48. The van der Waals surface area contributed by atoms with Crippen molar-refractivity contribution in [1.82, 2.24) is 14.9 Å². The molecule has 3 aromatic carbocycles. The van der Waals surface area contributed by atoms with Crippen molar-refractivity contribution >= 4 is 5.91 Å². The van der Waals surface area contributed by atoms with Gasteiger partial charge in [-0.3, -0.25) is 9.59 Å². The van der Waals surface area contributed by atoms with E-state index < -0.39 is 12.0 Å². The number of fused-ring (bicyclic) bond motifs is 1. The number of benzene rings is 3. The van der Waals surface area contributed by atoms with Gasteiger partial charge in [-0.1, -0.05) is 60.7 Å². The molecule has 0 saturated heterocycles. The molecule has 4 aromatic rings. The number of aromatic amines is 1. The zero-order chi connectivity index (χ0) is 27.9. The van der Waals surface area contributed by atoms with Crippen LogP contribution in [0.15, 0.2) is 83.7 Å². The Hall–Kier alpha value is -4.23. The number of nitrogens with one attached hydrogen (secondary N) is 1. The minimum atomic E-state index is -1.33. The number of aliphatic hydroxyl groups is 1. The monoisotopic (exact) mass is 535 g/mol. The van der Waals surface area contributed by atoms with E-state index in [4.69, 9.17) is 9.72 Å². The number of carbonyl (C=O) groups is 1. The van der Waals surface area contributed by atoms with Crippen LogP contribution in [0.25, 0.3) is 11.1 Å². The minimum absolute atomic E-state index is 0.0923. The molecule has 2 heterocycles. The first-order chi connectivity index (χ1) is 19.3. The van der Waals surface area contributed by atoms with Crippen LogP contribution in [-0.4, -0.2) is 38.5 Å². The number of rotatable bonds is 7. The molecule has 1 saturated carbocycles. The Kier molecular flexibility index (Phi) is 6.76. The molecule has 2 N–H and O–H groups in total. The number of hydrogen-bond acceptors (Lipinski definition) is 5. The maximum Gasteiger partial charge on any atom is 0.256 e. The van der Waals surface area contributed by atoms with Gasteiger partial charge in [0.15, 0.2) is 6.10 Å². The molecule has 7 nitrogen and oxygen atoms in total. The van der Waals surface area contributed by atoms with E-state index in [1.165, 1.54) is 0 Å². The molecule has 1 fully saturated rings. The summed E-state index contributed by atoms with van der Waals surface area (Å²) >= 11 is 0. The highest BCUT2D eigenvalue weighted by molar-refractivity contribution is 5.83. The molecule has 1 amide bonds. The third kappa shape index (κ3) is 4.93. The van der Waals surface area contributed by atoms with E-state index in [1.807, 2.05) is 74.5 Å². The Labute approximate surface area is 233 Å². The molecule has 0 bridgehead atoms. The molecular formula is C33H33N3O4. The topological polar surface area (TPSA) is 95.5 Å². The van der Waals surface area contributed by atoms with Gasteiger partial charge in [0.25, 0.3) is 11.5 Å². The summed E-state index contributed by atoms with van der Waals surface area (Å²) in [6.45, 7) is 4.49. The first kappa shape index (κ1) is 26.0. The molecule has 0 spiro atoms. The second kappa shape index (κ2) is 10.4. The number of amides is 1. The molecule has 1 unspecified atom stereocenters. The first-order valence-electron chi connectivity index (χ1n) is 13.9. The first-order valence-corrected chi connectivity index (χ1v) is 13.9. The lowest BCUT2D eigenvalue weighted by Crippen LogP contribution is -2.42. The molecule has 0 radical (unpaired) electrons. The van der Waals surface area contributed by atoms with Crippen LogP contribution in [0.5, 0.6) is 5.75 Å². The predicted octanol–water partition coefficient (Wildman–Crippen LogP) is 4.92. The second-order valence-corrected chi connectivity index (χ2v) is 11.0. The summed E-state index contributed by atoms with van der Waals surface area (Å²) in [5.74, 6) is 1.08. The van der Waals surface area contributed by atoms with E-state index in [-0.39, 0.29) is 23.6 Å². The molecule has 2 aliphatic rings. The number of carbonyl (C=O) groups excluding carboxylic acids is 1. The van der Waals surface area contributed by atoms with Crippen LogP contribution in [0.2, 0.25) is 0 Å². The van der Waals surface area contributed by atoms with Crippen LogP contribution < -0.4 is 10.3 Å². The number of aliphatic hydroxyl groups excluding tert-OH is 1. The van der Waals surface area contributed by atoms with Crippen molar-refractivity contribution in [2.45, 2.75) is 57.3 Å². The number of aromatic nitrogens is 2. The molecule has 1 aliphatic heterocycles. The Morgan fingerprint density at radius 1 is 1.00 bits per heavy atom. The summed E-state index contributed by atoms with van der Waals surface area (Å²) in [6, 6.07) is 25.3. The molecule has 7 heteroatoms. The standard InChI is InChI=1S/C33H33N3O4/c1-21(2)40-26-13-11-22(12-14-26)23-7-6-8-24(19-23)29(37)31(39)36-18-15-28-27(20-36)30(38)35-32(34-28)33(16-17-33)25-9-4-3-5-10-25/h3-14,19,21,29,37H,15-18,20H2,1-2H3,(H,34,35,38). The Bertz CT molecular complexity index is 1590. The second-order valence-electron chi connectivity index (χ2n) is 11.0. The summed E-state index contributed by atoms with van der Waals surface area (Å²) in [5.41, 5.74) is 4.33. The molecule has 1 aromatic heterocycles. The van der Waals surface area contributed by atoms with Crippen LogP contribution in [0.4, 0.5) is 0 Å². The number of hydrogen-bond donors (Lipinski definition) is 2. The summed E-state index contributed by atoms with van der Waals surface area (Å²) in [4.78, 5) is 36.0. The van der Waals surface area contributed by atoms with Crippen LogP contribution in [0.1, 0.15) is 61.0 Å². The quantitative estimate of drug-likeness (QED) is 0.350. The van der Waals surface area contributed by atoms with Gasteiger partial charge in [-0.05, 0) is 67.1 Å². The fourth-order valence-corrected chi connectivity index (χ4v) is 5.59. The van der Waals surface area contributed by atoms with E-state index in [2.05, 4.69) is 17.1 Å². The third-order valence-electron chi connectivity index (χ3n) is 7.91. The van der Waals surface area contributed by atoms with Gasteiger partial charge in [-0.25, -0.2) is 4.98 Å². The average Bonchev–Trinajstić information content (AvgIpc) is 3.79. The minimum Gasteiger partial charge on any atom is -0.491 e. The zero-order valence-corrected chi connectivity index (χ0v) is 22.8. The molecule has 40 heavy (non-hydrogen) atoms. The predicted molar refractivity (Wildman–Crippen MR) is 153 cm³/mol. The summed E-state index contributed by atoms with van der Waals surface area (Å²) < 4.78 is 5.73. The third-order valence-corrected chi connectivity index (χ3v) is 7.91. The van der Waals surface area contributed by atoms with Gasteiger partial charge in [-0.15, -0.1) is 0 Å². The van der Waals surface area contributed by atoms with Crippen molar-refractivity contribution in [2.24, 2.45) is 0 Å². The van der Waals surface area contributed by atoms with E-state index in [0.29, 0.717) is 29.9 Å². The van der Waals surface area contributed by atoms with Gasteiger partial charge in [0.05, 0.1) is 29.3 Å². The van der Waals surface area contributed by atoms with Crippen molar-refractivity contribution < 1.29 is 14.6 Å². The molecular weight excluding hydrogens is 502 g/mol. The van der Waals surface area contributed by atoms with Gasteiger partial charge in [0.2, 0.25) is 0 Å². The lowest BCUT2D eigenvalue weighted by Gasteiger charge is -2.30. The Morgan fingerprint density at radius 3 is 2.45 bits per heavy atom. The molecule has 204 valence electrons. The highest BCUT2D eigenvalue weighted by atomic mass is 16.5. The van der Waals surface area contributed by atoms with Gasteiger partial charge >= 0.3 is 0 Å². The van der Waals surface area contributed by atoms with Crippen molar-refractivity contribution in [1.29, 1.82) is 0 Å². The Balaban J connectivity index is 1.19. The normalized spacial score (nSPS) is 16.4. The summed E-state index contributed by atoms with van der Waals surface area (Å²) in [5, 5.41) is 11.0. The van der Waals surface area contributed by atoms with Gasteiger partial charge in [0, 0.05) is 13.0 Å². The summed E-state index contributed by atoms with van der Waals surface area (Å²) in [7, 11) is 0. The van der Waals surface area contributed by atoms with Crippen molar-refractivity contribution in [2.75, 3.05) is 6.54 Å². The van der Waals surface area contributed by atoms with Crippen molar-refractivity contribution in [3.63, 3.8) is 0 Å².